The van der Waals surface area contributed by atoms with E-state index in [-0.39, 0.29) is 6.61 Å². The normalized spacial score (nSPS) is 14.3. The van der Waals surface area contributed by atoms with Crippen LogP contribution in [0.15, 0.2) is 0 Å². The molecule has 0 saturated carbocycles. The van der Waals surface area contributed by atoms with Crippen molar-refractivity contribution in [3.05, 3.63) is 0 Å². The lowest BCUT2D eigenvalue weighted by Crippen LogP contribution is -2.24. The molecule has 0 rings (SSSR count). The summed E-state index contributed by atoms with van der Waals surface area (Å²) in [7, 11) is 0. The van der Waals surface area contributed by atoms with E-state index in [0.717, 1.165) is 0 Å². The molecule has 2 unspecified atom stereocenters. The largest absolute Gasteiger partial charge is 0.394 e. The van der Waals surface area contributed by atoms with Crippen molar-refractivity contribution >= 4 is 5.91 Å². The van der Waals surface area contributed by atoms with E-state index in [0.29, 0.717) is 0 Å². The third kappa shape index (κ3) is 17.6. The van der Waals surface area contributed by atoms with Gasteiger partial charge in [-0.15, -0.1) is 0 Å². The molecule has 0 aliphatic heterocycles. The second-order valence-corrected chi connectivity index (χ2v) is 2.11. The van der Waals surface area contributed by atoms with Crippen LogP contribution < -0.4 is 5.73 Å². The molecule has 0 fully saturated rings. The molecule has 2 atom stereocenters. The monoisotopic (exact) mass is 165 g/mol. The zero-order valence-corrected chi connectivity index (χ0v) is 6.69. The SMILES string of the molecule is CC(O)C(N)=O.CC(O)CO. The van der Waals surface area contributed by atoms with E-state index in [1.54, 1.807) is 0 Å². The molecule has 1 amide bonds. The molecule has 0 aliphatic rings. The maximum absolute atomic E-state index is 9.67. The number of hydrogen-bond acceptors (Lipinski definition) is 4. The molecular formula is C6H15NO4. The van der Waals surface area contributed by atoms with Crippen LogP contribution in [-0.4, -0.2) is 40.0 Å². The summed E-state index contributed by atoms with van der Waals surface area (Å²) in [4.78, 5) is 9.67. The van der Waals surface area contributed by atoms with E-state index < -0.39 is 18.1 Å². The van der Waals surface area contributed by atoms with Crippen LogP contribution in [-0.2, 0) is 4.79 Å². The molecule has 5 heteroatoms. The summed E-state index contributed by atoms with van der Waals surface area (Å²) in [5, 5.41) is 24.2. The Labute approximate surface area is 65.5 Å². The minimum absolute atomic E-state index is 0.139. The van der Waals surface area contributed by atoms with Crippen molar-refractivity contribution in [1.29, 1.82) is 0 Å². The summed E-state index contributed by atoms with van der Waals surface area (Å²) in [5.74, 6) is -0.685. The first-order chi connectivity index (χ1) is 4.91. The van der Waals surface area contributed by atoms with E-state index in [2.05, 4.69) is 5.73 Å². The summed E-state index contributed by atoms with van der Waals surface area (Å²) in [6.45, 7) is 2.71. The van der Waals surface area contributed by atoms with Crippen LogP contribution in [0.3, 0.4) is 0 Å². The highest BCUT2D eigenvalue weighted by atomic mass is 16.3. The second-order valence-electron chi connectivity index (χ2n) is 2.11. The van der Waals surface area contributed by atoms with Crippen LogP contribution in [0.25, 0.3) is 0 Å². The molecule has 68 valence electrons. The summed E-state index contributed by atoms with van der Waals surface area (Å²) in [5.41, 5.74) is 4.55. The van der Waals surface area contributed by atoms with Crippen LogP contribution >= 0.6 is 0 Å². The smallest absolute Gasteiger partial charge is 0.245 e. The number of nitrogens with two attached hydrogens (primary N) is 1. The van der Waals surface area contributed by atoms with Crippen molar-refractivity contribution in [3.63, 3.8) is 0 Å². The molecule has 5 N–H and O–H groups in total. The quantitative estimate of drug-likeness (QED) is 0.388. The van der Waals surface area contributed by atoms with Crippen molar-refractivity contribution in [3.8, 4) is 0 Å². The number of carbonyl (C=O) groups excluding carboxylic acids is 1. The number of aliphatic hydroxyl groups excluding tert-OH is 3. The van der Waals surface area contributed by atoms with Gasteiger partial charge in [0.05, 0.1) is 12.7 Å². The lowest BCUT2D eigenvalue weighted by molar-refractivity contribution is -0.125. The summed E-state index contributed by atoms with van der Waals surface area (Å²) in [6, 6.07) is 0. The predicted octanol–water partition coefficient (Wildman–Crippen LogP) is -1.79. The number of rotatable bonds is 2. The number of primary amides is 1. The number of amides is 1. The van der Waals surface area contributed by atoms with Gasteiger partial charge in [0.15, 0.2) is 0 Å². The molecule has 11 heavy (non-hydrogen) atoms. The Kier molecular flexibility index (Phi) is 8.80. The van der Waals surface area contributed by atoms with Crippen molar-refractivity contribution in [2.75, 3.05) is 6.61 Å². The molecule has 0 aromatic carbocycles. The van der Waals surface area contributed by atoms with Gasteiger partial charge in [-0.05, 0) is 13.8 Å². The van der Waals surface area contributed by atoms with Crippen molar-refractivity contribution < 1.29 is 20.1 Å². The Morgan fingerprint density at radius 2 is 1.64 bits per heavy atom. The maximum Gasteiger partial charge on any atom is 0.245 e. The van der Waals surface area contributed by atoms with Gasteiger partial charge >= 0.3 is 0 Å². The third-order valence-corrected chi connectivity index (χ3v) is 0.676. The first-order valence-corrected chi connectivity index (χ1v) is 3.18. The molecule has 0 radical (unpaired) electrons. The minimum Gasteiger partial charge on any atom is -0.394 e. The van der Waals surface area contributed by atoms with Crippen LogP contribution in [0.5, 0.6) is 0 Å². The van der Waals surface area contributed by atoms with Gasteiger partial charge in [-0.2, -0.15) is 0 Å². The lowest BCUT2D eigenvalue weighted by Gasteiger charge is -1.90. The van der Waals surface area contributed by atoms with Crippen molar-refractivity contribution in [2.24, 2.45) is 5.73 Å². The van der Waals surface area contributed by atoms with Gasteiger partial charge in [0.2, 0.25) is 5.91 Å². The first-order valence-electron chi connectivity index (χ1n) is 3.18. The van der Waals surface area contributed by atoms with Crippen molar-refractivity contribution in [1.82, 2.24) is 0 Å². The zero-order chi connectivity index (χ0) is 9.44. The fraction of sp³-hybridized carbons (Fsp3) is 0.833. The summed E-state index contributed by atoms with van der Waals surface area (Å²) < 4.78 is 0. The summed E-state index contributed by atoms with van der Waals surface area (Å²) >= 11 is 0. The Bertz CT molecular complexity index is 103. The van der Waals surface area contributed by atoms with E-state index in [4.69, 9.17) is 15.3 Å². The topological polar surface area (TPSA) is 104 Å². The standard InChI is InChI=1S/C3H7NO2.C3H8O2/c1-2(5)3(4)6;1-3(5)2-4/h2,5H,1H3,(H2,4,6);3-5H,2H2,1H3. The minimum atomic E-state index is -1.01. The molecule has 0 heterocycles. The average Bonchev–Trinajstić information content (AvgIpc) is 1.89. The van der Waals surface area contributed by atoms with E-state index >= 15 is 0 Å². The highest BCUT2D eigenvalue weighted by molar-refractivity contribution is 5.77. The molecule has 0 aromatic rings. The van der Waals surface area contributed by atoms with Gasteiger partial charge in [-0.3, -0.25) is 4.79 Å². The Balaban J connectivity index is 0. The maximum atomic E-state index is 9.67. The first kappa shape index (κ1) is 13.0. The number of hydrogen-bond donors (Lipinski definition) is 4. The number of carbonyl (C=O) groups is 1. The van der Waals surface area contributed by atoms with Gasteiger partial charge in [0.25, 0.3) is 0 Å². The summed E-state index contributed by atoms with van der Waals surface area (Å²) in [6.07, 6.45) is -1.57. The van der Waals surface area contributed by atoms with Gasteiger partial charge < -0.3 is 21.1 Å². The second kappa shape index (κ2) is 7.46. The van der Waals surface area contributed by atoms with E-state index in [1.165, 1.54) is 13.8 Å². The van der Waals surface area contributed by atoms with Gasteiger partial charge in [-0.25, -0.2) is 0 Å². The van der Waals surface area contributed by atoms with E-state index in [1.807, 2.05) is 0 Å². The van der Waals surface area contributed by atoms with Crippen LogP contribution in [0.1, 0.15) is 13.8 Å². The highest BCUT2D eigenvalue weighted by Crippen LogP contribution is 1.70. The lowest BCUT2D eigenvalue weighted by atomic mass is 10.4. The molecule has 0 aromatic heterocycles. The van der Waals surface area contributed by atoms with Gasteiger partial charge in [-0.1, -0.05) is 0 Å². The Morgan fingerprint density at radius 1 is 1.45 bits per heavy atom. The predicted molar refractivity (Wildman–Crippen MR) is 39.6 cm³/mol. The fourth-order valence-electron chi connectivity index (χ4n) is 0. The average molecular weight is 165 g/mol. The Morgan fingerprint density at radius 3 is 1.64 bits per heavy atom. The zero-order valence-electron chi connectivity index (χ0n) is 6.69. The molecule has 0 spiro atoms. The molecule has 0 bridgehead atoms. The van der Waals surface area contributed by atoms with Gasteiger partial charge in [0, 0.05) is 0 Å². The van der Waals surface area contributed by atoms with Crippen LogP contribution in [0.4, 0.5) is 0 Å². The molecule has 0 saturated heterocycles. The third-order valence-electron chi connectivity index (χ3n) is 0.676. The van der Waals surface area contributed by atoms with Crippen molar-refractivity contribution in [2.45, 2.75) is 26.1 Å². The Hall–Kier alpha value is -0.650. The molecule has 0 aliphatic carbocycles. The van der Waals surface area contributed by atoms with Crippen LogP contribution in [0, 0.1) is 0 Å². The van der Waals surface area contributed by atoms with Crippen LogP contribution in [0.2, 0.25) is 0 Å². The fourth-order valence-corrected chi connectivity index (χ4v) is 0. The number of aliphatic hydroxyl groups is 3. The van der Waals surface area contributed by atoms with Gasteiger partial charge in [0.1, 0.15) is 6.10 Å². The molecular weight excluding hydrogens is 150 g/mol. The highest BCUT2D eigenvalue weighted by Gasteiger charge is 1.98. The molecule has 5 nitrogen and oxygen atoms in total. The van der Waals surface area contributed by atoms with E-state index in [9.17, 15) is 4.79 Å².